The van der Waals surface area contributed by atoms with Crippen molar-refractivity contribution < 1.29 is 4.39 Å². The molecule has 4 heterocycles. The summed E-state index contributed by atoms with van der Waals surface area (Å²) < 4.78 is 18.4. The van der Waals surface area contributed by atoms with Crippen LogP contribution in [0.15, 0.2) is 35.4 Å². The summed E-state index contributed by atoms with van der Waals surface area (Å²) in [6, 6.07) is 5.08. The second kappa shape index (κ2) is 7.53. The molecule has 1 aliphatic rings. The highest BCUT2D eigenvalue weighted by Crippen LogP contribution is 2.27. The molecule has 1 fully saturated rings. The molecule has 0 spiro atoms. The molecule has 160 valence electrons. The van der Waals surface area contributed by atoms with Crippen LogP contribution in [0.2, 0.25) is 0 Å². The van der Waals surface area contributed by atoms with E-state index in [0.29, 0.717) is 16.6 Å². The number of aryl methyl sites for hydroxylation is 2. The maximum Gasteiger partial charge on any atom is 0.277 e. The highest BCUT2D eigenvalue weighted by atomic mass is 19.1. The third-order valence-electron chi connectivity index (χ3n) is 6.24. The molecule has 0 atom stereocenters. The highest BCUT2D eigenvalue weighted by molar-refractivity contribution is 5.86. The van der Waals surface area contributed by atoms with Gasteiger partial charge in [0.05, 0.1) is 35.2 Å². The minimum atomic E-state index is -0.541. The van der Waals surface area contributed by atoms with Gasteiger partial charge in [0, 0.05) is 24.0 Å². The highest BCUT2D eigenvalue weighted by Gasteiger charge is 2.23. The molecule has 0 bridgehead atoms. The molecule has 31 heavy (non-hydrogen) atoms. The Balaban J connectivity index is 1.57. The number of likely N-dealkylation sites (tertiary alicyclic amines) is 1. The Morgan fingerprint density at radius 3 is 2.68 bits per heavy atom. The number of benzene rings is 1. The van der Waals surface area contributed by atoms with Crippen molar-refractivity contribution in [2.45, 2.75) is 39.7 Å². The molecule has 0 N–H and O–H groups in total. The fraction of sp³-hybridized carbons (Fsp3) is 0.391. The van der Waals surface area contributed by atoms with Gasteiger partial charge in [-0.2, -0.15) is 10.2 Å². The average Bonchev–Trinajstić information content (AvgIpc) is 3.14. The van der Waals surface area contributed by atoms with Crippen LogP contribution >= 0.6 is 0 Å². The van der Waals surface area contributed by atoms with Crippen molar-refractivity contribution in [3.8, 4) is 11.3 Å². The third-order valence-corrected chi connectivity index (χ3v) is 6.24. The standard InChI is InChI=1S/C23H25FN6O/c1-4-28-7-5-18(6-8-28)30-23(31)21-17(12-25-30)10-16(11-19(21)24)20-9-14(2)22-26-15(3)13-29(22)27-20/h9-13,18H,4-8H2,1-3H3. The Morgan fingerprint density at radius 2 is 1.94 bits per heavy atom. The van der Waals surface area contributed by atoms with Gasteiger partial charge in [-0.3, -0.25) is 4.79 Å². The van der Waals surface area contributed by atoms with Gasteiger partial charge in [0.2, 0.25) is 0 Å². The molecule has 0 radical (unpaired) electrons. The van der Waals surface area contributed by atoms with Crippen LogP contribution in [-0.4, -0.2) is 48.9 Å². The first-order valence-corrected chi connectivity index (χ1v) is 10.7. The van der Waals surface area contributed by atoms with Gasteiger partial charge in [-0.05, 0) is 57.0 Å². The van der Waals surface area contributed by atoms with Crippen molar-refractivity contribution in [3.63, 3.8) is 0 Å². The lowest BCUT2D eigenvalue weighted by Gasteiger charge is -2.31. The Kier molecular flexibility index (Phi) is 4.81. The van der Waals surface area contributed by atoms with Gasteiger partial charge in [0.25, 0.3) is 5.56 Å². The Morgan fingerprint density at radius 1 is 1.16 bits per heavy atom. The van der Waals surface area contributed by atoms with Crippen molar-refractivity contribution in [2.24, 2.45) is 0 Å². The van der Waals surface area contributed by atoms with Gasteiger partial charge in [0.15, 0.2) is 5.65 Å². The molecule has 4 aromatic rings. The number of hydrogen-bond donors (Lipinski definition) is 0. The molecule has 8 heteroatoms. The minimum Gasteiger partial charge on any atom is -0.303 e. The summed E-state index contributed by atoms with van der Waals surface area (Å²) in [6.07, 6.45) is 5.13. The summed E-state index contributed by atoms with van der Waals surface area (Å²) in [6.45, 7) is 8.85. The summed E-state index contributed by atoms with van der Waals surface area (Å²) in [5.74, 6) is -0.541. The van der Waals surface area contributed by atoms with Gasteiger partial charge in [-0.25, -0.2) is 18.6 Å². The summed E-state index contributed by atoms with van der Waals surface area (Å²) in [5, 5.41) is 9.57. The number of halogens is 1. The number of aromatic nitrogens is 5. The first-order chi connectivity index (χ1) is 14.9. The van der Waals surface area contributed by atoms with E-state index in [-0.39, 0.29) is 17.0 Å². The quantitative estimate of drug-likeness (QED) is 0.507. The largest absolute Gasteiger partial charge is 0.303 e. The zero-order valence-electron chi connectivity index (χ0n) is 18.0. The first kappa shape index (κ1) is 19.8. The van der Waals surface area contributed by atoms with Gasteiger partial charge < -0.3 is 4.90 Å². The maximum atomic E-state index is 15.2. The predicted octanol–water partition coefficient (Wildman–Crippen LogP) is 3.52. The molecule has 0 amide bonds. The molecule has 5 rings (SSSR count). The smallest absolute Gasteiger partial charge is 0.277 e. The average molecular weight is 420 g/mol. The number of rotatable bonds is 3. The van der Waals surface area contributed by atoms with Crippen LogP contribution in [-0.2, 0) is 0 Å². The Bertz CT molecular complexity index is 1350. The van der Waals surface area contributed by atoms with Crippen LogP contribution in [0.25, 0.3) is 27.7 Å². The van der Waals surface area contributed by atoms with E-state index < -0.39 is 5.82 Å². The number of piperidine rings is 1. The zero-order chi connectivity index (χ0) is 21.7. The maximum absolute atomic E-state index is 15.2. The molecular weight excluding hydrogens is 395 g/mol. The van der Waals surface area contributed by atoms with E-state index in [2.05, 4.69) is 27.0 Å². The predicted molar refractivity (Wildman–Crippen MR) is 118 cm³/mol. The van der Waals surface area contributed by atoms with E-state index in [4.69, 9.17) is 0 Å². The van der Waals surface area contributed by atoms with Crippen LogP contribution in [0.5, 0.6) is 0 Å². The van der Waals surface area contributed by atoms with Crippen molar-refractivity contribution >= 4 is 16.4 Å². The van der Waals surface area contributed by atoms with Crippen molar-refractivity contribution in [2.75, 3.05) is 19.6 Å². The van der Waals surface area contributed by atoms with Gasteiger partial charge >= 0.3 is 0 Å². The molecule has 3 aromatic heterocycles. The SMILES string of the molecule is CCN1CCC(n2ncc3cc(-c4cc(C)c5nc(C)cn5n4)cc(F)c3c2=O)CC1. The zero-order valence-corrected chi connectivity index (χ0v) is 18.0. The molecular formula is C23H25FN6O. The van der Waals surface area contributed by atoms with E-state index in [1.54, 1.807) is 16.8 Å². The fourth-order valence-corrected chi connectivity index (χ4v) is 4.52. The lowest BCUT2D eigenvalue weighted by molar-refractivity contribution is 0.184. The summed E-state index contributed by atoms with van der Waals surface area (Å²) in [7, 11) is 0. The second-order valence-electron chi connectivity index (χ2n) is 8.35. The molecule has 0 aliphatic carbocycles. The van der Waals surface area contributed by atoms with Crippen LogP contribution in [0.1, 0.15) is 37.1 Å². The van der Waals surface area contributed by atoms with E-state index in [1.807, 2.05) is 26.1 Å². The van der Waals surface area contributed by atoms with E-state index in [1.165, 1.54) is 10.7 Å². The van der Waals surface area contributed by atoms with E-state index >= 15 is 4.39 Å². The van der Waals surface area contributed by atoms with Crippen LogP contribution in [0.4, 0.5) is 4.39 Å². The molecule has 1 aliphatic heterocycles. The monoisotopic (exact) mass is 420 g/mol. The van der Waals surface area contributed by atoms with Crippen molar-refractivity contribution in [1.29, 1.82) is 0 Å². The summed E-state index contributed by atoms with van der Waals surface area (Å²) in [4.78, 5) is 19.9. The van der Waals surface area contributed by atoms with Crippen LogP contribution in [0.3, 0.4) is 0 Å². The van der Waals surface area contributed by atoms with Crippen molar-refractivity contribution in [1.82, 2.24) is 29.3 Å². The molecule has 0 saturated carbocycles. The lowest BCUT2D eigenvalue weighted by Crippen LogP contribution is -2.38. The summed E-state index contributed by atoms with van der Waals surface area (Å²) >= 11 is 0. The molecule has 7 nitrogen and oxygen atoms in total. The topological polar surface area (TPSA) is 68.3 Å². The number of nitrogens with zero attached hydrogens (tertiary/aromatic N) is 6. The lowest BCUT2D eigenvalue weighted by atomic mass is 10.0. The van der Waals surface area contributed by atoms with Gasteiger partial charge in [0.1, 0.15) is 5.82 Å². The Hall–Kier alpha value is -3.13. The Labute approximate surface area is 179 Å². The normalized spacial score (nSPS) is 15.9. The number of fused-ring (bicyclic) bond motifs is 2. The van der Waals surface area contributed by atoms with E-state index in [9.17, 15) is 4.79 Å². The molecule has 0 unspecified atom stereocenters. The van der Waals surface area contributed by atoms with Crippen LogP contribution < -0.4 is 5.56 Å². The fourth-order valence-electron chi connectivity index (χ4n) is 4.52. The molecule has 1 aromatic carbocycles. The van der Waals surface area contributed by atoms with Crippen molar-refractivity contribution in [3.05, 3.63) is 58.0 Å². The van der Waals surface area contributed by atoms with Gasteiger partial charge in [-0.1, -0.05) is 6.92 Å². The summed E-state index contributed by atoms with van der Waals surface area (Å²) in [5.41, 5.74) is 3.47. The van der Waals surface area contributed by atoms with Crippen LogP contribution in [0, 0.1) is 19.7 Å². The third kappa shape index (κ3) is 3.40. The van der Waals surface area contributed by atoms with Gasteiger partial charge in [-0.15, -0.1) is 0 Å². The number of hydrogen-bond acceptors (Lipinski definition) is 5. The second-order valence-corrected chi connectivity index (χ2v) is 8.35. The number of imidazole rings is 1. The molecule has 1 saturated heterocycles. The first-order valence-electron chi connectivity index (χ1n) is 10.7. The van der Waals surface area contributed by atoms with E-state index in [0.717, 1.165) is 49.4 Å². The minimum absolute atomic E-state index is 0.00924.